The van der Waals surface area contributed by atoms with Gasteiger partial charge >= 0.3 is 0 Å². The Morgan fingerprint density at radius 3 is 2.89 bits per heavy atom. The van der Waals surface area contributed by atoms with Crippen LogP contribution in [0.4, 0.5) is 0 Å². The molecule has 1 N–H and O–H groups in total. The van der Waals surface area contributed by atoms with E-state index in [1.54, 1.807) is 24.5 Å². The molecular formula is C20H15N3O3S. The molecule has 134 valence electrons. The first-order valence-electron chi connectivity index (χ1n) is 8.21. The number of thiophene rings is 1. The molecular weight excluding hydrogens is 362 g/mol. The van der Waals surface area contributed by atoms with Gasteiger partial charge in [-0.2, -0.15) is 0 Å². The fourth-order valence-corrected chi connectivity index (χ4v) is 3.61. The van der Waals surface area contributed by atoms with Gasteiger partial charge in [0.25, 0.3) is 11.5 Å². The van der Waals surface area contributed by atoms with Crippen molar-refractivity contribution >= 4 is 33.5 Å². The van der Waals surface area contributed by atoms with Gasteiger partial charge in [0.2, 0.25) is 0 Å². The topological polar surface area (TPSA) is 77.1 Å². The van der Waals surface area contributed by atoms with Crippen LogP contribution in [0.15, 0.2) is 69.7 Å². The van der Waals surface area contributed by atoms with Gasteiger partial charge < -0.3 is 4.42 Å². The van der Waals surface area contributed by atoms with Gasteiger partial charge in [0.05, 0.1) is 11.6 Å². The highest BCUT2D eigenvalue weighted by atomic mass is 32.1. The van der Waals surface area contributed by atoms with Gasteiger partial charge in [-0.3, -0.25) is 15.0 Å². The molecule has 6 nitrogen and oxygen atoms in total. The molecule has 1 aromatic carbocycles. The summed E-state index contributed by atoms with van der Waals surface area (Å²) in [5, 5.41) is 2.24. The lowest BCUT2D eigenvalue weighted by Crippen LogP contribution is -2.32. The van der Waals surface area contributed by atoms with Crippen LogP contribution in [0.2, 0.25) is 0 Å². The van der Waals surface area contributed by atoms with Crippen LogP contribution in [0.1, 0.15) is 11.1 Å². The first-order chi connectivity index (χ1) is 13.1. The Kier molecular flexibility index (Phi) is 4.43. The molecule has 3 heterocycles. The van der Waals surface area contributed by atoms with Gasteiger partial charge in [-0.1, -0.05) is 24.3 Å². The van der Waals surface area contributed by atoms with Crippen molar-refractivity contribution in [3.63, 3.8) is 0 Å². The smallest absolute Gasteiger partial charge is 0.281 e. The number of aryl methyl sites for hydroxylation is 1. The third kappa shape index (κ3) is 3.32. The number of nitrogens with one attached hydrogen (secondary N) is 1. The number of nitrogens with zero attached hydrogens (tertiary/aromatic N) is 2. The maximum atomic E-state index is 12.8. The lowest BCUT2D eigenvalue weighted by Gasteiger charge is -2.06. The SMILES string of the molecule is Cc1ccccc1/C=C/C(=O)Nn1cnc2scc(-c3ccco3)c2c1=O. The molecule has 0 saturated carbocycles. The zero-order valence-electron chi connectivity index (χ0n) is 14.4. The van der Waals surface area contributed by atoms with Gasteiger partial charge in [0.15, 0.2) is 0 Å². The zero-order valence-corrected chi connectivity index (χ0v) is 15.2. The van der Waals surface area contributed by atoms with E-state index in [1.807, 2.05) is 36.6 Å². The van der Waals surface area contributed by atoms with Crippen molar-refractivity contribution in [1.29, 1.82) is 0 Å². The van der Waals surface area contributed by atoms with E-state index in [2.05, 4.69) is 10.4 Å². The number of benzene rings is 1. The molecule has 0 aliphatic carbocycles. The van der Waals surface area contributed by atoms with E-state index in [9.17, 15) is 9.59 Å². The summed E-state index contributed by atoms with van der Waals surface area (Å²) < 4.78 is 6.48. The molecule has 0 fully saturated rings. The number of hydrogen-bond donors (Lipinski definition) is 1. The van der Waals surface area contributed by atoms with Crippen molar-refractivity contribution in [2.75, 3.05) is 5.43 Å². The summed E-state index contributed by atoms with van der Waals surface area (Å²) in [5.41, 5.74) is 4.85. The van der Waals surface area contributed by atoms with E-state index >= 15 is 0 Å². The van der Waals surface area contributed by atoms with Gasteiger partial charge in [0, 0.05) is 17.0 Å². The number of carbonyl (C=O) groups excluding carboxylic acids is 1. The van der Waals surface area contributed by atoms with Crippen LogP contribution in [-0.2, 0) is 4.79 Å². The van der Waals surface area contributed by atoms with Gasteiger partial charge in [-0.05, 0) is 36.3 Å². The molecule has 1 amide bonds. The quantitative estimate of drug-likeness (QED) is 0.549. The molecule has 27 heavy (non-hydrogen) atoms. The Bertz CT molecular complexity index is 1200. The molecule has 0 bridgehead atoms. The normalized spacial score (nSPS) is 11.3. The molecule has 4 rings (SSSR count). The summed E-state index contributed by atoms with van der Waals surface area (Å²) in [4.78, 5) is 29.9. The van der Waals surface area contributed by atoms with E-state index in [-0.39, 0.29) is 5.56 Å². The maximum absolute atomic E-state index is 12.8. The summed E-state index contributed by atoms with van der Waals surface area (Å²) in [7, 11) is 0. The number of rotatable bonds is 4. The second kappa shape index (κ2) is 7.05. The van der Waals surface area contributed by atoms with Crippen molar-refractivity contribution in [2.24, 2.45) is 0 Å². The Labute approximate surface area is 158 Å². The predicted octanol–water partition coefficient (Wildman–Crippen LogP) is 3.81. The number of carbonyl (C=O) groups is 1. The first-order valence-corrected chi connectivity index (χ1v) is 9.09. The highest BCUT2D eigenvalue weighted by Gasteiger charge is 2.15. The Balaban J connectivity index is 1.64. The second-order valence-electron chi connectivity index (χ2n) is 5.89. The minimum atomic E-state index is -0.420. The van der Waals surface area contributed by atoms with Crippen molar-refractivity contribution < 1.29 is 9.21 Å². The number of fused-ring (bicyclic) bond motifs is 1. The molecule has 0 aliphatic rings. The van der Waals surface area contributed by atoms with E-state index in [4.69, 9.17) is 4.42 Å². The first kappa shape index (κ1) is 17.0. The number of furan rings is 1. The van der Waals surface area contributed by atoms with Crippen LogP contribution in [0, 0.1) is 6.92 Å². The number of aromatic nitrogens is 2. The Morgan fingerprint density at radius 2 is 2.11 bits per heavy atom. The molecule has 0 unspecified atom stereocenters. The van der Waals surface area contributed by atoms with E-state index in [1.165, 1.54) is 23.7 Å². The molecule has 0 spiro atoms. The molecule has 3 aromatic heterocycles. The van der Waals surface area contributed by atoms with E-state index in [0.29, 0.717) is 21.5 Å². The summed E-state index contributed by atoms with van der Waals surface area (Å²) in [6.07, 6.45) is 5.96. The van der Waals surface area contributed by atoms with Crippen molar-refractivity contribution in [2.45, 2.75) is 6.92 Å². The third-order valence-corrected chi connectivity index (χ3v) is 5.00. The molecule has 0 aliphatic heterocycles. The molecule has 4 aromatic rings. The number of hydrogen-bond acceptors (Lipinski definition) is 5. The van der Waals surface area contributed by atoms with Crippen molar-refractivity contribution in [3.05, 3.63) is 81.9 Å². The van der Waals surface area contributed by atoms with Crippen molar-refractivity contribution in [1.82, 2.24) is 9.66 Å². The maximum Gasteiger partial charge on any atom is 0.281 e. The van der Waals surface area contributed by atoms with Crippen LogP contribution < -0.4 is 11.0 Å². The summed E-state index contributed by atoms with van der Waals surface area (Å²) in [6, 6.07) is 11.3. The van der Waals surface area contributed by atoms with Gasteiger partial charge in [0.1, 0.15) is 16.9 Å². The Morgan fingerprint density at radius 1 is 1.26 bits per heavy atom. The molecule has 0 saturated heterocycles. The average molecular weight is 377 g/mol. The summed E-state index contributed by atoms with van der Waals surface area (Å²) in [6.45, 7) is 1.96. The van der Waals surface area contributed by atoms with E-state index < -0.39 is 5.91 Å². The van der Waals surface area contributed by atoms with Crippen LogP contribution in [-0.4, -0.2) is 15.6 Å². The van der Waals surface area contributed by atoms with Crippen molar-refractivity contribution in [3.8, 4) is 11.3 Å². The summed E-state index contributed by atoms with van der Waals surface area (Å²) in [5.74, 6) is 0.167. The van der Waals surface area contributed by atoms with Crippen LogP contribution in [0.5, 0.6) is 0 Å². The monoisotopic (exact) mass is 377 g/mol. The lowest BCUT2D eigenvalue weighted by atomic mass is 10.1. The van der Waals surface area contributed by atoms with Crippen LogP contribution >= 0.6 is 11.3 Å². The van der Waals surface area contributed by atoms with Gasteiger partial charge in [-0.25, -0.2) is 9.66 Å². The molecule has 7 heteroatoms. The minimum Gasteiger partial charge on any atom is -0.464 e. The lowest BCUT2D eigenvalue weighted by molar-refractivity contribution is -0.112. The summed E-state index contributed by atoms with van der Waals surface area (Å²) >= 11 is 1.35. The zero-order chi connectivity index (χ0) is 18.8. The van der Waals surface area contributed by atoms with Crippen LogP contribution in [0.3, 0.4) is 0 Å². The largest absolute Gasteiger partial charge is 0.464 e. The number of amides is 1. The fourth-order valence-electron chi connectivity index (χ4n) is 2.72. The second-order valence-corrected chi connectivity index (χ2v) is 6.75. The standard InChI is InChI=1S/C20H15N3O3S/c1-13-5-2-3-6-14(13)8-9-17(24)22-23-12-21-19-18(20(23)25)15(11-27-19)16-7-4-10-26-16/h2-12H,1H3,(H,22,24)/b9-8+. The minimum absolute atomic E-state index is 0.356. The third-order valence-electron chi connectivity index (χ3n) is 4.11. The molecule has 0 atom stereocenters. The van der Waals surface area contributed by atoms with E-state index in [0.717, 1.165) is 15.8 Å². The van der Waals surface area contributed by atoms with Crippen LogP contribution in [0.25, 0.3) is 27.6 Å². The fraction of sp³-hybridized carbons (Fsp3) is 0.0500. The highest BCUT2D eigenvalue weighted by molar-refractivity contribution is 7.17. The Hall–Kier alpha value is -3.45. The molecule has 0 radical (unpaired) electrons. The predicted molar refractivity (Wildman–Crippen MR) is 106 cm³/mol. The van der Waals surface area contributed by atoms with Gasteiger partial charge in [-0.15, -0.1) is 11.3 Å². The average Bonchev–Trinajstić information content (AvgIpc) is 3.33. The highest BCUT2D eigenvalue weighted by Crippen LogP contribution is 2.30.